The maximum atomic E-state index is 12.2. The molecule has 0 radical (unpaired) electrons. The van der Waals surface area contributed by atoms with Crippen LogP contribution < -0.4 is 4.90 Å². The smallest absolute Gasteiger partial charge is 0.224 e. The van der Waals surface area contributed by atoms with Gasteiger partial charge in [0.05, 0.1) is 0 Å². The van der Waals surface area contributed by atoms with Gasteiger partial charge in [0.1, 0.15) is 0 Å². The van der Waals surface area contributed by atoms with Crippen molar-refractivity contribution >= 4 is 17.5 Å². The number of carbonyl (C=O) groups excluding carboxylic acids is 2. The van der Waals surface area contributed by atoms with Crippen molar-refractivity contribution in [3.05, 3.63) is 28.8 Å². The highest BCUT2D eigenvalue weighted by Crippen LogP contribution is 2.26. The molecule has 0 aliphatic carbocycles. The van der Waals surface area contributed by atoms with Crippen molar-refractivity contribution in [2.45, 2.75) is 53.9 Å². The number of rotatable bonds is 7. The second kappa shape index (κ2) is 8.70. The lowest BCUT2D eigenvalue weighted by atomic mass is 10.0. The summed E-state index contributed by atoms with van der Waals surface area (Å²) < 4.78 is 0. The van der Waals surface area contributed by atoms with Crippen molar-refractivity contribution in [1.29, 1.82) is 0 Å². The van der Waals surface area contributed by atoms with Crippen LogP contribution in [-0.2, 0) is 9.59 Å². The number of aryl methyl sites for hydroxylation is 3. The van der Waals surface area contributed by atoms with Crippen LogP contribution in [0.1, 0.15) is 49.8 Å². The van der Waals surface area contributed by atoms with Gasteiger partial charge in [-0.15, -0.1) is 0 Å². The molecule has 0 unspecified atom stereocenters. The van der Waals surface area contributed by atoms with Crippen molar-refractivity contribution in [3.8, 4) is 0 Å². The highest BCUT2D eigenvalue weighted by Gasteiger charge is 2.18. The maximum absolute atomic E-state index is 12.2. The minimum absolute atomic E-state index is 0.0240. The number of hydrogen-bond acceptors (Lipinski definition) is 2. The molecule has 23 heavy (non-hydrogen) atoms. The molecule has 1 aromatic rings. The minimum Gasteiger partial charge on any atom is -0.346 e. The van der Waals surface area contributed by atoms with E-state index in [1.54, 1.807) is 16.7 Å². The summed E-state index contributed by atoms with van der Waals surface area (Å²) in [6.07, 6.45) is 2.43. The van der Waals surface area contributed by atoms with E-state index in [0.717, 1.165) is 36.2 Å². The lowest BCUT2D eigenvalue weighted by Crippen LogP contribution is -2.35. The van der Waals surface area contributed by atoms with Gasteiger partial charge in [0.25, 0.3) is 0 Å². The third-order valence-electron chi connectivity index (χ3n) is 4.11. The van der Waals surface area contributed by atoms with E-state index >= 15 is 0 Å². The third-order valence-corrected chi connectivity index (χ3v) is 4.11. The Labute approximate surface area is 140 Å². The van der Waals surface area contributed by atoms with Gasteiger partial charge in [-0.05, 0) is 38.3 Å². The molecule has 0 heterocycles. The largest absolute Gasteiger partial charge is 0.346 e. The predicted octanol–water partition coefficient (Wildman–Crippen LogP) is 3.61. The van der Waals surface area contributed by atoms with Crippen molar-refractivity contribution < 1.29 is 9.59 Å². The average Bonchev–Trinajstić information content (AvgIpc) is 2.46. The van der Waals surface area contributed by atoms with Crippen LogP contribution in [0.2, 0.25) is 0 Å². The topological polar surface area (TPSA) is 40.6 Å². The van der Waals surface area contributed by atoms with Crippen molar-refractivity contribution in [1.82, 2.24) is 4.90 Å². The molecule has 0 saturated carbocycles. The molecule has 0 aliphatic heterocycles. The lowest BCUT2D eigenvalue weighted by molar-refractivity contribution is -0.129. The lowest BCUT2D eigenvalue weighted by Gasteiger charge is -2.26. The Bertz CT molecular complexity index is 543. The first-order valence-corrected chi connectivity index (χ1v) is 8.37. The Morgan fingerprint density at radius 2 is 1.61 bits per heavy atom. The molecular weight excluding hydrogens is 288 g/mol. The first-order chi connectivity index (χ1) is 10.8. The van der Waals surface area contributed by atoms with Gasteiger partial charge in [0.2, 0.25) is 11.8 Å². The van der Waals surface area contributed by atoms with Gasteiger partial charge in [0.15, 0.2) is 0 Å². The molecule has 128 valence electrons. The van der Waals surface area contributed by atoms with Gasteiger partial charge in [0, 0.05) is 39.2 Å². The van der Waals surface area contributed by atoms with Crippen molar-refractivity contribution in [2.24, 2.45) is 0 Å². The number of benzene rings is 1. The highest BCUT2D eigenvalue weighted by molar-refractivity contribution is 5.94. The molecule has 0 spiro atoms. The number of amides is 2. The summed E-state index contributed by atoms with van der Waals surface area (Å²) >= 11 is 0. The van der Waals surface area contributed by atoms with E-state index in [0.29, 0.717) is 13.0 Å². The van der Waals surface area contributed by atoms with Gasteiger partial charge in [-0.2, -0.15) is 0 Å². The van der Waals surface area contributed by atoms with E-state index in [2.05, 4.69) is 19.1 Å². The summed E-state index contributed by atoms with van der Waals surface area (Å²) in [6.45, 7) is 10.9. The van der Waals surface area contributed by atoms with Gasteiger partial charge < -0.3 is 9.80 Å². The van der Waals surface area contributed by atoms with Gasteiger partial charge >= 0.3 is 0 Å². The zero-order valence-corrected chi connectivity index (χ0v) is 15.4. The fourth-order valence-corrected chi connectivity index (χ4v) is 2.94. The Hall–Kier alpha value is -1.84. The second-order valence-electron chi connectivity index (χ2n) is 6.34. The minimum atomic E-state index is -0.0240. The molecule has 0 saturated heterocycles. The first-order valence-electron chi connectivity index (χ1n) is 8.37. The summed E-state index contributed by atoms with van der Waals surface area (Å²) in [5.74, 6) is 0.0659. The molecule has 0 bridgehead atoms. The number of carbonyl (C=O) groups is 2. The van der Waals surface area contributed by atoms with Crippen molar-refractivity contribution in [3.63, 3.8) is 0 Å². The van der Waals surface area contributed by atoms with Crippen LogP contribution in [0.5, 0.6) is 0 Å². The number of unbranched alkanes of at least 4 members (excludes halogenated alkanes) is 1. The van der Waals surface area contributed by atoms with Gasteiger partial charge in [-0.3, -0.25) is 9.59 Å². The second-order valence-corrected chi connectivity index (χ2v) is 6.34. The molecule has 2 amide bonds. The monoisotopic (exact) mass is 318 g/mol. The van der Waals surface area contributed by atoms with E-state index in [-0.39, 0.29) is 11.8 Å². The van der Waals surface area contributed by atoms with E-state index in [1.807, 2.05) is 27.8 Å². The molecule has 4 heteroatoms. The van der Waals surface area contributed by atoms with E-state index in [4.69, 9.17) is 0 Å². The van der Waals surface area contributed by atoms with Crippen LogP contribution in [0.25, 0.3) is 0 Å². The summed E-state index contributed by atoms with van der Waals surface area (Å²) in [4.78, 5) is 27.8. The van der Waals surface area contributed by atoms with Crippen LogP contribution in [0.4, 0.5) is 5.69 Å². The quantitative estimate of drug-likeness (QED) is 0.770. The zero-order valence-electron chi connectivity index (χ0n) is 15.4. The number of hydrogen-bond donors (Lipinski definition) is 0. The molecule has 0 fully saturated rings. The van der Waals surface area contributed by atoms with Crippen molar-refractivity contribution in [2.75, 3.05) is 25.0 Å². The molecule has 0 aromatic heterocycles. The molecule has 1 aromatic carbocycles. The fraction of sp³-hybridized carbons (Fsp3) is 0.579. The molecule has 4 nitrogen and oxygen atoms in total. The maximum Gasteiger partial charge on any atom is 0.224 e. The summed E-state index contributed by atoms with van der Waals surface area (Å²) in [5, 5.41) is 0. The summed E-state index contributed by atoms with van der Waals surface area (Å²) in [6, 6.07) is 4.15. The van der Waals surface area contributed by atoms with Gasteiger partial charge in [-0.25, -0.2) is 0 Å². The van der Waals surface area contributed by atoms with E-state index < -0.39 is 0 Å². The SMILES string of the molecule is CCCCN(C)C(=O)CCN(C(C)=O)c1c(C)cc(C)cc1C. The Kier molecular flexibility index (Phi) is 7.27. The van der Waals surface area contributed by atoms with E-state index in [1.165, 1.54) is 5.56 Å². The Balaban J connectivity index is 2.86. The Morgan fingerprint density at radius 1 is 1.04 bits per heavy atom. The molecule has 0 N–H and O–H groups in total. The predicted molar refractivity (Wildman–Crippen MR) is 95.8 cm³/mol. The number of nitrogens with zero attached hydrogens (tertiary/aromatic N) is 2. The summed E-state index contributed by atoms with van der Waals surface area (Å²) in [7, 11) is 1.83. The van der Waals surface area contributed by atoms with Crippen LogP contribution in [0.15, 0.2) is 12.1 Å². The zero-order chi connectivity index (χ0) is 17.6. The normalized spacial score (nSPS) is 10.5. The van der Waals surface area contributed by atoms with Crippen LogP contribution in [0, 0.1) is 20.8 Å². The fourth-order valence-electron chi connectivity index (χ4n) is 2.94. The standard InChI is InChI=1S/C19H30N2O2/c1-7-8-10-20(6)18(23)9-11-21(17(5)22)19-15(3)12-14(2)13-16(19)4/h12-13H,7-11H2,1-6H3. The van der Waals surface area contributed by atoms with E-state index in [9.17, 15) is 9.59 Å². The van der Waals surface area contributed by atoms with Crippen LogP contribution in [0.3, 0.4) is 0 Å². The first kappa shape index (κ1) is 19.2. The van der Waals surface area contributed by atoms with Gasteiger partial charge in [-0.1, -0.05) is 31.0 Å². The molecule has 0 aliphatic rings. The van der Waals surface area contributed by atoms with Crippen LogP contribution in [-0.4, -0.2) is 36.9 Å². The van der Waals surface area contributed by atoms with Crippen LogP contribution >= 0.6 is 0 Å². The summed E-state index contributed by atoms with van der Waals surface area (Å²) in [5.41, 5.74) is 4.27. The number of anilines is 1. The molecule has 1 rings (SSSR count). The molecule has 0 atom stereocenters. The third kappa shape index (κ3) is 5.38. The average molecular weight is 318 g/mol. The molecular formula is C19H30N2O2. The highest BCUT2D eigenvalue weighted by atomic mass is 16.2. The Morgan fingerprint density at radius 3 is 2.09 bits per heavy atom.